The molecular weight excluding hydrogens is 260 g/mol. The zero-order valence-corrected chi connectivity index (χ0v) is 13.0. The minimum Gasteiger partial charge on any atom is -0.338 e. The molecule has 3 heteroatoms. The van der Waals surface area contributed by atoms with E-state index in [4.69, 9.17) is 5.73 Å². The highest BCUT2D eigenvalue weighted by Crippen LogP contribution is 2.25. The Morgan fingerprint density at radius 3 is 2.38 bits per heavy atom. The van der Waals surface area contributed by atoms with Crippen LogP contribution in [-0.2, 0) is 11.3 Å². The number of carbonyl (C=O) groups is 1. The van der Waals surface area contributed by atoms with Crippen LogP contribution in [0.5, 0.6) is 0 Å². The maximum atomic E-state index is 12.8. The molecule has 1 aromatic rings. The fourth-order valence-electron chi connectivity index (χ4n) is 3.14. The molecule has 0 heterocycles. The molecule has 116 valence electrons. The van der Waals surface area contributed by atoms with Crippen LogP contribution in [0, 0.1) is 5.92 Å². The largest absolute Gasteiger partial charge is 0.338 e. The van der Waals surface area contributed by atoms with E-state index in [1.54, 1.807) is 0 Å². The molecule has 0 saturated heterocycles. The van der Waals surface area contributed by atoms with E-state index in [9.17, 15) is 4.79 Å². The Balaban J connectivity index is 2.01. The molecule has 0 aromatic heterocycles. The molecule has 0 atom stereocenters. The minimum absolute atomic E-state index is 0.231. The second-order valence-electron chi connectivity index (χ2n) is 6.08. The smallest absolute Gasteiger partial charge is 0.225 e. The Hall–Kier alpha value is -1.35. The van der Waals surface area contributed by atoms with Gasteiger partial charge in [0.15, 0.2) is 0 Å². The lowest BCUT2D eigenvalue weighted by Gasteiger charge is -2.27. The van der Waals surface area contributed by atoms with Crippen molar-refractivity contribution in [3.63, 3.8) is 0 Å². The fourth-order valence-corrected chi connectivity index (χ4v) is 3.14. The Morgan fingerprint density at radius 2 is 1.76 bits per heavy atom. The van der Waals surface area contributed by atoms with Crippen LogP contribution >= 0.6 is 0 Å². The third-order valence-corrected chi connectivity index (χ3v) is 4.36. The number of amides is 1. The lowest BCUT2D eigenvalue weighted by Crippen LogP contribution is -2.37. The molecule has 0 radical (unpaired) electrons. The summed E-state index contributed by atoms with van der Waals surface area (Å²) >= 11 is 0. The van der Waals surface area contributed by atoms with Gasteiger partial charge in [-0.2, -0.15) is 0 Å². The van der Waals surface area contributed by atoms with Gasteiger partial charge in [0.1, 0.15) is 0 Å². The first kappa shape index (κ1) is 16.0. The van der Waals surface area contributed by atoms with Crippen LogP contribution in [0.1, 0.15) is 50.5 Å². The van der Waals surface area contributed by atoms with Crippen LogP contribution in [0.2, 0.25) is 0 Å². The van der Waals surface area contributed by atoms with Gasteiger partial charge in [-0.15, -0.1) is 0 Å². The summed E-state index contributed by atoms with van der Waals surface area (Å²) < 4.78 is 0. The second-order valence-corrected chi connectivity index (χ2v) is 6.08. The van der Waals surface area contributed by atoms with Crippen LogP contribution in [0.3, 0.4) is 0 Å². The standard InChI is InChI=1S/C18H28N2O/c19-13-8-14-20(15-16-9-4-3-5-10-16)18(21)17-11-6-1-2-7-12-17/h3-5,9-10,17H,1-2,6-8,11-15,19H2. The van der Waals surface area contributed by atoms with Crippen molar-refractivity contribution >= 4 is 5.91 Å². The summed E-state index contributed by atoms with van der Waals surface area (Å²) in [4.78, 5) is 14.9. The highest BCUT2D eigenvalue weighted by Gasteiger charge is 2.24. The number of benzene rings is 1. The zero-order valence-electron chi connectivity index (χ0n) is 13.0. The van der Waals surface area contributed by atoms with Crippen LogP contribution in [0.4, 0.5) is 0 Å². The molecule has 0 spiro atoms. The predicted octanol–water partition coefficient (Wildman–Crippen LogP) is 3.33. The maximum Gasteiger partial charge on any atom is 0.225 e. The first-order valence-corrected chi connectivity index (χ1v) is 8.34. The van der Waals surface area contributed by atoms with E-state index in [1.165, 1.54) is 31.2 Å². The van der Waals surface area contributed by atoms with Gasteiger partial charge in [-0.25, -0.2) is 0 Å². The van der Waals surface area contributed by atoms with Gasteiger partial charge in [0.05, 0.1) is 0 Å². The summed E-state index contributed by atoms with van der Waals surface area (Å²) in [5.41, 5.74) is 6.84. The van der Waals surface area contributed by atoms with Gasteiger partial charge in [-0.3, -0.25) is 4.79 Å². The summed E-state index contributed by atoms with van der Waals surface area (Å²) in [5, 5.41) is 0. The Labute approximate surface area is 128 Å². The van der Waals surface area contributed by atoms with Gasteiger partial charge >= 0.3 is 0 Å². The van der Waals surface area contributed by atoms with Crippen molar-refractivity contribution in [3.8, 4) is 0 Å². The monoisotopic (exact) mass is 288 g/mol. The Morgan fingerprint density at radius 1 is 1.10 bits per heavy atom. The van der Waals surface area contributed by atoms with Crippen LogP contribution in [0.15, 0.2) is 30.3 Å². The van der Waals surface area contributed by atoms with Gasteiger partial charge in [0.25, 0.3) is 0 Å². The highest BCUT2D eigenvalue weighted by molar-refractivity contribution is 5.78. The third-order valence-electron chi connectivity index (χ3n) is 4.36. The van der Waals surface area contributed by atoms with Crippen molar-refractivity contribution < 1.29 is 4.79 Å². The van der Waals surface area contributed by atoms with E-state index >= 15 is 0 Å². The van der Waals surface area contributed by atoms with E-state index in [-0.39, 0.29) is 5.92 Å². The van der Waals surface area contributed by atoms with Crippen molar-refractivity contribution in [2.45, 2.75) is 51.5 Å². The molecule has 2 rings (SSSR count). The average molecular weight is 288 g/mol. The van der Waals surface area contributed by atoms with Crippen molar-refractivity contribution in [2.75, 3.05) is 13.1 Å². The van der Waals surface area contributed by atoms with E-state index in [1.807, 2.05) is 23.1 Å². The molecular formula is C18H28N2O. The number of hydrogen-bond acceptors (Lipinski definition) is 2. The summed E-state index contributed by atoms with van der Waals surface area (Å²) in [6.07, 6.45) is 7.97. The highest BCUT2D eigenvalue weighted by atomic mass is 16.2. The van der Waals surface area contributed by atoms with E-state index in [2.05, 4.69) is 12.1 Å². The van der Waals surface area contributed by atoms with Gasteiger partial charge < -0.3 is 10.6 Å². The number of nitrogens with two attached hydrogens (primary N) is 1. The minimum atomic E-state index is 0.231. The summed E-state index contributed by atoms with van der Waals surface area (Å²) in [5.74, 6) is 0.572. The van der Waals surface area contributed by atoms with Crippen molar-refractivity contribution in [1.82, 2.24) is 4.90 Å². The predicted molar refractivity (Wildman–Crippen MR) is 86.7 cm³/mol. The molecule has 0 aliphatic heterocycles. The van der Waals surface area contributed by atoms with Crippen molar-refractivity contribution in [1.29, 1.82) is 0 Å². The van der Waals surface area contributed by atoms with E-state index < -0.39 is 0 Å². The molecule has 1 saturated carbocycles. The molecule has 21 heavy (non-hydrogen) atoms. The Kier molecular flexibility index (Phi) is 6.74. The molecule has 2 N–H and O–H groups in total. The van der Waals surface area contributed by atoms with Crippen LogP contribution in [0.25, 0.3) is 0 Å². The number of rotatable bonds is 6. The first-order valence-electron chi connectivity index (χ1n) is 8.34. The van der Waals surface area contributed by atoms with Gasteiger partial charge in [-0.05, 0) is 31.4 Å². The van der Waals surface area contributed by atoms with Crippen molar-refractivity contribution in [2.24, 2.45) is 11.7 Å². The molecule has 1 amide bonds. The molecule has 1 aromatic carbocycles. The number of nitrogens with zero attached hydrogens (tertiary/aromatic N) is 1. The SMILES string of the molecule is NCCCN(Cc1ccccc1)C(=O)C1CCCCCC1. The van der Waals surface area contributed by atoms with E-state index in [0.29, 0.717) is 12.5 Å². The topological polar surface area (TPSA) is 46.3 Å². The van der Waals surface area contributed by atoms with Crippen molar-refractivity contribution in [3.05, 3.63) is 35.9 Å². The van der Waals surface area contributed by atoms with Gasteiger partial charge in [0.2, 0.25) is 5.91 Å². The number of carbonyl (C=O) groups excluding carboxylic acids is 1. The lowest BCUT2D eigenvalue weighted by molar-refractivity contribution is -0.136. The molecule has 1 fully saturated rings. The quantitative estimate of drug-likeness (QED) is 0.816. The third kappa shape index (κ3) is 5.16. The van der Waals surface area contributed by atoms with Crippen LogP contribution in [-0.4, -0.2) is 23.9 Å². The molecule has 3 nitrogen and oxygen atoms in total. The fraction of sp³-hybridized carbons (Fsp3) is 0.611. The summed E-state index contributed by atoms with van der Waals surface area (Å²) in [7, 11) is 0. The number of hydrogen-bond donors (Lipinski definition) is 1. The summed E-state index contributed by atoms with van der Waals surface area (Å²) in [6.45, 7) is 2.14. The normalized spacial score (nSPS) is 16.4. The zero-order chi connectivity index (χ0) is 14.9. The molecule has 0 unspecified atom stereocenters. The lowest BCUT2D eigenvalue weighted by atomic mass is 9.98. The average Bonchev–Trinajstić information content (AvgIpc) is 2.81. The van der Waals surface area contributed by atoms with E-state index in [0.717, 1.165) is 32.4 Å². The first-order chi connectivity index (χ1) is 10.3. The molecule has 1 aliphatic carbocycles. The second kappa shape index (κ2) is 8.83. The van der Waals surface area contributed by atoms with Gasteiger partial charge in [-0.1, -0.05) is 56.0 Å². The molecule has 0 bridgehead atoms. The van der Waals surface area contributed by atoms with Gasteiger partial charge in [0, 0.05) is 19.0 Å². The molecule has 1 aliphatic rings. The van der Waals surface area contributed by atoms with Crippen LogP contribution < -0.4 is 5.73 Å². The Bertz CT molecular complexity index is 410. The summed E-state index contributed by atoms with van der Waals surface area (Å²) in [6, 6.07) is 10.3. The maximum absolute atomic E-state index is 12.8.